The number of anilines is 1. The molecule has 0 spiro atoms. The third kappa shape index (κ3) is 2.63. The highest BCUT2D eigenvalue weighted by atomic mass is 16.3. The number of aliphatic hydroxyl groups excluding tert-OH is 1. The summed E-state index contributed by atoms with van der Waals surface area (Å²) in [4.78, 5) is 2.28. The highest BCUT2D eigenvalue weighted by molar-refractivity contribution is 5.55. The van der Waals surface area contributed by atoms with Crippen LogP contribution in [0.15, 0.2) is 48.5 Å². The van der Waals surface area contributed by atoms with Crippen LogP contribution in [0.1, 0.15) is 30.1 Å². The molecule has 104 valence electrons. The fraction of sp³-hybridized carbons (Fsp3) is 0.294. The molecule has 1 unspecified atom stereocenters. The Morgan fingerprint density at radius 2 is 1.95 bits per heavy atom. The number of phenols is 1. The molecule has 0 aliphatic carbocycles. The zero-order valence-electron chi connectivity index (χ0n) is 11.4. The fourth-order valence-electron chi connectivity index (χ4n) is 2.85. The summed E-state index contributed by atoms with van der Waals surface area (Å²) < 4.78 is 0. The second-order valence-corrected chi connectivity index (χ2v) is 5.31. The molecule has 2 N–H and O–H groups in total. The number of hydrogen-bond acceptors (Lipinski definition) is 3. The molecule has 0 saturated carbocycles. The molecule has 3 nitrogen and oxygen atoms in total. The van der Waals surface area contributed by atoms with E-state index in [9.17, 15) is 10.2 Å². The molecule has 1 aliphatic rings. The SMILES string of the molecule is Oc1cccc(CN2CCCC(O)c3ccccc32)c1. The van der Waals surface area contributed by atoms with Gasteiger partial charge in [0.15, 0.2) is 0 Å². The first kappa shape index (κ1) is 13.0. The third-order valence-electron chi connectivity index (χ3n) is 3.83. The van der Waals surface area contributed by atoms with Crippen LogP contribution in [-0.4, -0.2) is 16.8 Å². The lowest BCUT2D eigenvalue weighted by Gasteiger charge is -2.25. The van der Waals surface area contributed by atoms with Gasteiger partial charge in [-0.15, -0.1) is 0 Å². The summed E-state index contributed by atoms with van der Waals surface area (Å²) in [5, 5.41) is 19.8. The van der Waals surface area contributed by atoms with Crippen molar-refractivity contribution < 1.29 is 10.2 Å². The van der Waals surface area contributed by atoms with E-state index in [1.165, 1.54) is 0 Å². The number of aliphatic hydroxyl groups is 1. The summed E-state index contributed by atoms with van der Waals surface area (Å²) >= 11 is 0. The van der Waals surface area contributed by atoms with Crippen molar-refractivity contribution in [1.29, 1.82) is 0 Å². The van der Waals surface area contributed by atoms with Crippen LogP contribution in [0.5, 0.6) is 5.75 Å². The highest BCUT2D eigenvalue weighted by Gasteiger charge is 2.20. The van der Waals surface area contributed by atoms with Crippen LogP contribution in [0.4, 0.5) is 5.69 Å². The maximum absolute atomic E-state index is 10.2. The van der Waals surface area contributed by atoms with E-state index in [0.717, 1.165) is 42.7 Å². The van der Waals surface area contributed by atoms with Gasteiger partial charge in [-0.1, -0.05) is 30.3 Å². The first-order valence-electron chi connectivity index (χ1n) is 7.04. The first-order chi connectivity index (χ1) is 9.74. The van der Waals surface area contributed by atoms with Crippen molar-refractivity contribution in [2.45, 2.75) is 25.5 Å². The van der Waals surface area contributed by atoms with Crippen molar-refractivity contribution in [2.24, 2.45) is 0 Å². The van der Waals surface area contributed by atoms with Gasteiger partial charge >= 0.3 is 0 Å². The number of aromatic hydroxyl groups is 1. The number of nitrogens with zero attached hydrogens (tertiary/aromatic N) is 1. The number of rotatable bonds is 2. The third-order valence-corrected chi connectivity index (χ3v) is 3.83. The summed E-state index contributed by atoms with van der Waals surface area (Å²) in [6, 6.07) is 15.4. The summed E-state index contributed by atoms with van der Waals surface area (Å²) in [5.41, 5.74) is 3.18. The van der Waals surface area contributed by atoms with E-state index in [1.807, 2.05) is 30.3 Å². The molecule has 0 aromatic heterocycles. The molecule has 1 aliphatic heterocycles. The van der Waals surface area contributed by atoms with Crippen molar-refractivity contribution in [3.8, 4) is 5.75 Å². The smallest absolute Gasteiger partial charge is 0.115 e. The van der Waals surface area contributed by atoms with Gasteiger partial charge < -0.3 is 15.1 Å². The summed E-state index contributed by atoms with van der Waals surface area (Å²) in [6.45, 7) is 1.67. The van der Waals surface area contributed by atoms with Gasteiger partial charge in [-0.2, -0.15) is 0 Å². The fourth-order valence-corrected chi connectivity index (χ4v) is 2.85. The van der Waals surface area contributed by atoms with Crippen LogP contribution in [-0.2, 0) is 6.54 Å². The molecule has 2 aromatic carbocycles. The van der Waals surface area contributed by atoms with Gasteiger partial charge in [0, 0.05) is 24.3 Å². The van der Waals surface area contributed by atoms with Crippen LogP contribution in [0.3, 0.4) is 0 Å². The number of benzene rings is 2. The molecule has 20 heavy (non-hydrogen) atoms. The van der Waals surface area contributed by atoms with Crippen LogP contribution in [0.2, 0.25) is 0 Å². The van der Waals surface area contributed by atoms with Gasteiger partial charge in [0.1, 0.15) is 5.75 Å². The molecule has 3 rings (SSSR count). The van der Waals surface area contributed by atoms with Crippen molar-refractivity contribution in [1.82, 2.24) is 0 Å². The monoisotopic (exact) mass is 269 g/mol. The van der Waals surface area contributed by atoms with Gasteiger partial charge in [0.05, 0.1) is 6.10 Å². The molecule has 0 saturated heterocycles. The molecule has 0 radical (unpaired) electrons. The normalized spacial score (nSPS) is 18.4. The number of para-hydroxylation sites is 1. The van der Waals surface area contributed by atoms with E-state index in [-0.39, 0.29) is 6.10 Å². The number of phenolic OH excluding ortho intramolecular Hbond substituents is 1. The van der Waals surface area contributed by atoms with Crippen LogP contribution < -0.4 is 4.90 Å². The Kier molecular flexibility index (Phi) is 3.61. The Hall–Kier alpha value is -2.00. The van der Waals surface area contributed by atoms with E-state index in [1.54, 1.807) is 12.1 Å². The molecule has 0 bridgehead atoms. The Balaban J connectivity index is 1.91. The lowest BCUT2D eigenvalue weighted by Crippen LogP contribution is -2.23. The molecule has 1 heterocycles. The summed E-state index contributed by atoms with van der Waals surface area (Å²) in [7, 11) is 0. The topological polar surface area (TPSA) is 43.7 Å². The zero-order valence-corrected chi connectivity index (χ0v) is 11.4. The Labute approximate surface area is 119 Å². The average Bonchev–Trinajstić information content (AvgIpc) is 2.60. The van der Waals surface area contributed by atoms with Gasteiger partial charge in [-0.25, -0.2) is 0 Å². The molecule has 0 fully saturated rings. The van der Waals surface area contributed by atoms with Crippen LogP contribution in [0.25, 0.3) is 0 Å². The second-order valence-electron chi connectivity index (χ2n) is 5.31. The lowest BCUT2D eigenvalue weighted by atomic mass is 10.0. The molecule has 0 amide bonds. The van der Waals surface area contributed by atoms with Gasteiger partial charge in [-0.3, -0.25) is 0 Å². The summed E-state index contributed by atoms with van der Waals surface area (Å²) in [6.07, 6.45) is 1.39. The predicted octanol–water partition coefficient (Wildman–Crippen LogP) is 3.23. The second kappa shape index (κ2) is 5.55. The van der Waals surface area contributed by atoms with Crippen molar-refractivity contribution in [2.75, 3.05) is 11.4 Å². The quantitative estimate of drug-likeness (QED) is 0.879. The first-order valence-corrected chi connectivity index (χ1v) is 7.04. The minimum absolute atomic E-state index is 0.297. The van der Waals surface area contributed by atoms with E-state index in [2.05, 4.69) is 11.0 Å². The summed E-state index contributed by atoms with van der Waals surface area (Å²) in [5.74, 6) is 0.297. The van der Waals surface area contributed by atoms with Crippen molar-refractivity contribution in [3.63, 3.8) is 0 Å². The highest BCUT2D eigenvalue weighted by Crippen LogP contribution is 2.33. The Morgan fingerprint density at radius 3 is 2.80 bits per heavy atom. The Morgan fingerprint density at radius 1 is 1.10 bits per heavy atom. The van der Waals surface area contributed by atoms with Crippen molar-refractivity contribution >= 4 is 5.69 Å². The van der Waals surface area contributed by atoms with Gasteiger partial charge in [-0.05, 0) is 36.6 Å². The molecular formula is C17H19NO2. The van der Waals surface area contributed by atoms with E-state index >= 15 is 0 Å². The van der Waals surface area contributed by atoms with Gasteiger partial charge in [0.2, 0.25) is 0 Å². The minimum Gasteiger partial charge on any atom is -0.508 e. The maximum atomic E-state index is 10.2. The maximum Gasteiger partial charge on any atom is 0.115 e. The molecule has 3 heteroatoms. The van der Waals surface area contributed by atoms with Crippen LogP contribution in [0, 0.1) is 0 Å². The standard InChI is InChI=1S/C17H19NO2/c19-14-6-3-5-13(11-14)12-18-10-4-9-17(20)15-7-1-2-8-16(15)18/h1-3,5-8,11,17,19-20H,4,9-10,12H2. The van der Waals surface area contributed by atoms with Crippen LogP contribution >= 0.6 is 0 Å². The lowest BCUT2D eigenvalue weighted by molar-refractivity contribution is 0.168. The zero-order chi connectivity index (χ0) is 13.9. The van der Waals surface area contributed by atoms with Crippen molar-refractivity contribution in [3.05, 3.63) is 59.7 Å². The van der Waals surface area contributed by atoms with E-state index in [0.29, 0.717) is 5.75 Å². The molecular weight excluding hydrogens is 250 g/mol. The Bertz CT molecular complexity index is 597. The van der Waals surface area contributed by atoms with E-state index < -0.39 is 0 Å². The number of hydrogen-bond donors (Lipinski definition) is 2. The van der Waals surface area contributed by atoms with Gasteiger partial charge in [0.25, 0.3) is 0 Å². The average molecular weight is 269 g/mol. The molecule has 2 aromatic rings. The predicted molar refractivity (Wildman–Crippen MR) is 79.8 cm³/mol. The van der Waals surface area contributed by atoms with E-state index in [4.69, 9.17) is 0 Å². The largest absolute Gasteiger partial charge is 0.508 e. The number of fused-ring (bicyclic) bond motifs is 1. The molecule has 1 atom stereocenters. The minimum atomic E-state index is -0.375.